The van der Waals surface area contributed by atoms with E-state index in [1.807, 2.05) is 7.05 Å². The maximum Gasteiger partial charge on any atom is 0.335 e. The van der Waals surface area contributed by atoms with E-state index < -0.39 is 46.7 Å². The molecule has 14 heteroatoms. The van der Waals surface area contributed by atoms with Crippen LogP contribution < -0.4 is 11.3 Å². The van der Waals surface area contributed by atoms with Crippen molar-refractivity contribution in [2.24, 2.45) is 0 Å². The van der Waals surface area contributed by atoms with Crippen LogP contribution in [0.4, 0.5) is 5.95 Å². The highest BCUT2D eigenvalue weighted by Crippen LogP contribution is 2.53. The van der Waals surface area contributed by atoms with Gasteiger partial charge in [0.15, 0.2) is 23.5 Å². The zero-order valence-electron chi connectivity index (χ0n) is 23.8. The van der Waals surface area contributed by atoms with Crippen LogP contribution in [0.15, 0.2) is 11.1 Å². The number of nitrogens with zero attached hydrogens (tertiary/aromatic N) is 4. The number of fused-ring (bicyclic) bond motifs is 1. The van der Waals surface area contributed by atoms with Gasteiger partial charge in [-0.3, -0.25) is 19.2 Å². The Hall–Kier alpha value is -1.66. The number of ether oxygens (including phenoxy) is 1. The Morgan fingerprint density at radius 2 is 1.71 bits per heavy atom. The van der Waals surface area contributed by atoms with Crippen LogP contribution in [0.1, 0.15) is 61.6 Å². The SMILES string of the molecule is CC(C)[Si]1(C(C)C)OC[C@@]23CN(C)OC([C@H](n4cnc5c(=O)[nH]c(N)nc54)O2)[C@H]3O[Si](C(C)C)(C(C)C)O1. The number of H-pyrrole nitrogens is 1. The van der Waals surface area contributed by atoms with Crippen LogP contribution in [0, 0.1) is 0 Å². The lowest BCUT2D eigenvalue weighted by molar-refractivity contribution is -0.257. The molecule has 0 aliphatic carbocycles. The summed E-state index contributed by atoms with van der Waals surface area (Å²) in [5.74, 6) is 0.0103. The lowest BCUT2D eigenvalue weighted by Crippen LogP contribution is -2.71. The molecule has 0 radical (unpaired) electrons. The molecule has 38 heavy (non-hydrogen) atoms. The first-order valence-corrected chi connectivity index (χ1v) is 17.5. The molecule has 212 valence electrons. The van der Waals surface area contributed by atoms with Gasteiger partial charge < -0.3 is 23.4 Å². The second-order valence-electron chi connectivity index (χ2n) is 12.2. The molecule has 12 nitrogen and oxygen atoms in total. The lowest BCUT2D eigenvalue weighted by Gasteiger charge is -2.55. The van der Waals surface area contributed by atoms with E-state index in [2.05, 4.69) is 70.3 Å². The van der Waals surface area contributed by atoms with Gasteiger partial charge in [-0.05, 0) is 22.2 Å². The molecule has 0 aromatic carbocycles. The monoisotopic (exact) mass is 566 g/mol. The number of nitrogens with one attached hydrogen (secondary N) is 1. The van der Waals surface area contributed by atoms with Crippen LogP contribution in [0.25, 0.3) is 11.2 Å². The normalized spacial score (nSPS) is 31.3. The lowest BCUT2D eigenvalue weighted by atomic mass is 9.94. The quantitative estimate of drug-likeness (QED) is 0.519. The number of likely N-dealkylation sites (N-methyl/N-ethyl adjacent to an activating group) is 1. The van der Waals surface area contributed by atoms with Gasteiger partial charge in [-0.2, -0.15) is 10.0 Å². The van der Waals surface area contributed by atoms with Crippen molar-refractivity contribution < 1.29 is 22.5 Å². The number of aromatic amines is 1. The second-order valence-corrected chi connectivity index (χ2v) is 21.0. The summed E-state index contributed by atoms with van der Waals surface area (Å²) >= 11 is 0. The molecule has 4 atom stereocenters. The van der Waals surface area contributed by atoms with E-state index in [4.69, 9.17) is 28.3 Å². The Morgan fingerprint density at radius 1 is 1.08 bits per heavy atom. The molecule has 5 heterocycles. The number of nitrogens with two attached hydrogens (primary N) is 1. The highest BCUT2D eigenvalue weighted by atomic mass is 28.5. The number of aromatic nitrogens is 4. The minimum absolute atomic E-state index is 0.0103. The summed E-state index contributed by atoms with van der Waals surface area (Å²) in [5.41, 5.74) is 5.94. The molecule has 0 saturated carbocycles. The van der Waals surface area contributed by atoms with Crippen LogP contribution >= 0.6 is 0 Å². The standard InChI is InChI=1S/C24H42N6O6Si2/c1-13(2)37(14(3)4)32-11-24-10-29(9)34-18(19(24)35-38(36-37,15(5)6)16(7)8)22(33-24)30-12-26-17-20(30)27-23(25)28-21(17)31/h12-16,18-19,22H,10-11H2,1-9H3,(H3,25,27,28,31)/t18?,19-,22-,24-/m1/s1. The van der Waals surface area contributed by atoms with E-state index in [9.17, 15) is 4.79 Å². The predicted molar refractivity (Wildman–Crippen MR) is 147 cm³/mol. The zero-order chi connectivity index (χ0) is 27.8. The number of hydrogen-bond acceptors (Lipinski definition) is 10. The van der Waals surface area contributed by atoms with E-state index in [0.29, 0.717) is 18.8 Å². The van der Waals surface area contributed by atoms with Gasteiger partial charge >= 0.3 is 17.1 Å². The Labute approximate surface area is 225 Å². The molecule has 3 aliphatic rings. The number of anilines is 1. The average molecular weight is 567 g/mol. The van der Waals surface area contributed by atoms with Gasteiger partial charge in [0.25, 0.3) is 5.56 Å². The van der Waals surface area contributed by atoms with E-state index in [1.165, 1.54) is 0 Å². The highest BCUT2D eigenvalue weighted by molar-refractivity contribution is 6.84. The first-order valence-electron chi connectivity index (χ1n) is 13.6. The van der Waals surface area contributed by atoms with E-state index in [-0.39, 0.29) is 33.6 Å². The summed E-state index contributed by atoms with van der Waals surface area (Å²) in [5, 5.41) is 1.80. The molecular weight excluding hydrogens is 524 g/mol. The topological polar surface area (TPSA) is 139 Å². The van der Waals surface area contributed by atoms with Gasteiger partial charge in [0.05, 0.1) is 19.5 Å². The van der Waals surface area contributed by atoms with Crippen molar-refractivity contribution in [1.29, 1.82) is 0 Å². The number of hydrogen-bond donors (Lipinski definition) is 2. The van der Waals surface area contributed by atoms with Gasteiger partial charge in [-0.15, -0.1) is 0 Å². The first kappa shape index (κ1) is 27.9. The second kappa shape index (κ2) is 9.47. The molecule has 2 aromatic heterocycles. The molecule has 3 N–H and O–H groups in total. The molecule has 0 amide bonds. The van der Waals surface area contributed by atoms with Crippen molar-refractivity contribution in [3.63, 3.8) is 0 Å². The zero-order valence-corrected chi connectivity index (χ0v) is 25.8. The largest absolute Gasteiger partial charge is 0.414 e. The third-order valence-electron chi connectivity index (χ3n) is 8.36. The predicted octanol–water partition coefficient (Wildman–Crippen LogP) is 3.17. The number of nitrogen functional groups attached to an aromatic ring is 1. The minimum atomic E-state index is -2.90. The van der Waals surface area contributed by atoms with Crippen LogP contribution in [-0.2, 0) is 22.5 Å². The molecular formula is C24H42N6O6Si2. The van der Waals surface area contributed by atoms with Crippen molar-refractivity contribution in [3.05, 3.63) is 16.7 Å². The summed E-state index contributed by atoms with van der Waals surface area (Å²) in [6.45, 7) is 18.3. The van der Waals surface area contributed by atoms with Crippen LogP contribution in [-0.4, -0.2) is 79.7 Å². The Kier molecular flexibility index (Phi) is 6.95. The van der Waals surface area contributed by atoms with E-state index in [1.54, 1.807) is 16.0 Å². The number of imidazole rings is 1. The van der Waals surface area contributed by atoms with Gasteiger partial charge in [-0.1, -0.05) is 55.4 Å². The summed E-state index contributed by atoms with van der Waals surface area (Å²) in [6.07, 6.45) is -0.106. The molecule has 3 fully saturated rings. The fourth-order valence-corrected chi connectivity index (χ4v) is 17.8. The van der Waals surface area contributed by atoms with Gasteiger partial charge in [0, 0.05) is 7.05 Å². The fraction of sp³-hybridized carbons (Fsp3) is 0.792. The van der Waals surface area contributed by atoms with Crippen molar-refractivity contribution >= 4 is 34.2 Å². The van der Waals surface area contributed by atoms with Gasteiger partial charge in [-0.25, -0.2) is 4.98 Å². The maximum atomic E-state index is 12.5. The Balaban J connectivity index is 1.67. The first-order chi connectivity index (χ1) is 17.8. The molecule has 3 saturated heterocycles. The molecule has 1 unspecified atom stereocenters. The van der Waals surface area contributed by atoms with E-state index >= 15 is 0 Å². The van der Waals surface area contributed by atoms with Gasteiger partial charge in [0.2, 0.25) is 5.95 Å². The maximum absolute atomic E-state index is 12.5. The summed E-state index contributed by atoms with van der Waals surface area (Å²) in [7, 11) is -3.78. The van der Waals surface area contributed by atoms with Gasteiger partial charge in [0.1, 0.15) is 11.7 Å². The summed E-state index contributed by atoms with van der Waals surface area (Å²) in [4.78, 5) is 30.1. The Bertz CT molecular complexity index is 1230. The van der Waals surface area contributed by atoms with Crippen LogP contribution in [0.3, 0.4) is 0 Å². The molecule has 3 aliphatic heterocycles. The molecule has 2 aromatic rings. The van der Waals surface area contributed by atoms with Crippen molar-refractivity contribution in [3.8, 4) is 0 Å². The third kappa shape index (κ3) is 4.03. The molecule has 2 bridgehead atoms. The highest BCUT2D eigenvalue weighted by Gasteiger charge is 2.68. The molecule has 0 spiro atoms. The van der Waals surface area contributed by atoms with Crippen molar-refractivity contribution in [2.75, 3.05) is 25.9 Å². The third-order valence-corrected chi connectivity index (χ3v) is 18.6. The van der Waals surface area contributed by atoms with Crippen LogP contribution in [0.2, 0.25) is 22.2 Å². The molecule has 5 rings (SSSR count). The van der Waals surface area contributed by atoms with E-state index in [0.717, 1.165) is 0 Å². The number of rotatable bonds is 5. The summed E-state index contributed by atoms with van der Waals surface area (Å²) in [6, 6.07) is 0. The number of hydroxylamine groups is 2. The van der Waals surface area contributed by atoms with Crippen molar-refractivity contribution in [1.82, 2.24) is 24.6 Å². The summed E-state index contributed by atoms with van der Waals surface area (Å²) < 4.78 is 30.4. The minimum Gasteiger partial charge on any atom is -0.414 e. The van der Waals surface area contributed by atoms with Crippen LogP contribution in [0.5, 0.6) is 0 Å². The average Bonchev–Trinajstić information content (AvgIpc) is 3.28. The smallest absolute Gasteiger partial charge is 0.335 e. The van der Waals surface area contributed by atoms with Crippen molar-refractivity contribution in [2.45, 2.75) is 102 Å². The fourth-order valence-electron chi connectivity index (χ4n) is 6.51. The Morgan fingerprint density at radius 3 is 2.32 bits per heavy atom.